The van der Waals surface area contributed by atoms with Crippen molar-refractivity contribution in [3.05, 3.63) is 74.6 Å². The number of ether oxygens (including phenoxy) is 1. The number of carbonyl (C=O) groups is 1. The Morgan fingerprint density at radius 2 is 1.82 bits per heavy atom. The highest BCUT2D eigenvalue weighted by Crippen LogP contribution is 2.40. The van der Waals surface area contributed by atoms with E-state index in [9.17, 15) is 14.7 Å². The third kappa shape index (κ3) is 5.49. The fraction of sp³-hybridized carbons (Fsp3) is 0.515. The zero-order valence-electron chi connectivity index (χ0n) is 23.9. The van der Waals surface area contributed by atoms with Crippen LogP contribution in [0.2, 0.25) is 0 Å². The third-order valence-electron chi connectivity index (χ3n) is 8.98. The molecule has 2 unspecified atom stereocenters. The van der Waals surface area contributed by atoms with Crippen molar-refractivity contribution in [2.45, 2.75) is 90.8 Å². The molecule has 208 valence electrons. The van der Waals surface area contributed by atoms with Crippen LogP contribution in [0.5, 0.6) is 5.75 Å². The lowest BCUT2D eigenvalue weighted by Gasteiger charge is -2.47. The predicted molar refractivity (Wildman–Crippen MR) is 153 cm³/mol. The van der Waals surface area contributed by atoms with Gasteiger partial charge in [-0.1, -0.05) is 57.9 Å². The van der Waals surface area contributed by atoms with Gasteiger partial charge in [-0.3, -0.25) is 4.79 Å². The molecule has 1 saturated heterocycles. The fourth-order valence-corrected chi connectivity index (χ4v) is 6.25. The van der Waals surface area contributed by atoms with E-state index in [0.717, 1.165) is 47.8 Å². The highest BCUT2D eigenvalue weighted by Gasteiger charge is 2.43. The second kappa shape index (κ2) is 10.5. The summed E-state index contributed by atoms with van der Waals surface area (Å²) in [7, 11) is 0. The van der Waals surface area contributed by atoms with Crippen LogP contribution in [0, 0.1) is 19.8 Å². The van der Waals surface area contributed by atoms with Gasteiger partial charge < -0.3 is 19.2 Å². The molecule has 2 atom stereocenters. The predicted octanol–water partition coefficient (Wildman–Crippen LogP) is 5.98. The molecule has 6 nitrogen and oxygen atoms in total. The highest BCUT2D eigenvalue weighted by atomic mass is 16.5. The van der Waals surface area contributed by atoms with Crippen LogP contribution in [-0.4, -0.2) is 34.6 Å². The molecule has 1 saturated carbocycles. The number of piperidine rings is 1. The van der Waals surface area contributed by atoms with E-state index >= 15 is 0 Å². The van der Waals surface area contributed by atoms with Crippen LogP contribution < -0.4 is 10.4 Å². The largest absolute Gasteiger partial charge is 0.488 e. The summed E-state index contributed by atoms with van der Waals surface area (Å²) >= 11 is 0. The maximum atomic E-state index is 13.2. The topological polar surface area (TPSA) is 80.0 Å². The summed E-state index contributed by atoms with van der Waals surface area (Å²) in [6, 6.07) is 12.3. The van der Waals surface area contributed by atoms with Crippen LogP contribution in [0.1, 0.15) is 80.7 Å². The van der Waals surface area contributed by atoms with Gasteiger partial charge in [0.1, 0.15) is 17.9 Å². The van der Waals surface area contributed by atoms with E-state index < -0.39 is 11.2 Å². The van der Waals surface area contributed by atoms with Gasteiger partial charge >= 0.3 is 5.63 Å². The fourth-order valence-electron chi connectivity index (χ4n) is 6.25. The van der Waals surface area contributed by atoms with Gasteiger partial charge in [-0.15, -0.1) is 0 Å². The molecule has 1 amide bonds. The summed E-state index contributed by atoms with van der Waals surface area (Å²) < 4.78 is 11.9. The normalized spacial score (nSPS) is 21.6. The highest BCUT2D eigenvalue weighted by molar-refractivity contribution is 5.87. The van der Waals surface area contributed by atoms with Crippen LogP contribution >= 0.6 is 0 Å². The summed E-state index contributed by atoms with van der Waals surface area (Å²) in [4.78, 5) is 28.2. The number of likely N-dealkylation sites (tertiary alicyclic amines) is 1. The summed E-state index contributed by atoms with van der Waals surface area (Å²) in [6.45, 7) is 11.9. The molecule has 2 heterocycles. The summed E-state index contributed by atoms with van der Waals surface area (Å²) in [6.07, 6.45) is 4.53. The number of amides is 1. The minimum atomic E-state index is -0.639. The minimum absolute atomic E-state index is 0.0110. The van der Waals surface area contributed by atoms with Gasteiger partial charge in [0.25, 0.3) is 0 Å². The third-order valence-corrected chi connectivity index (χ3v) is 8.98. The second-order valence-corrected chi connectivity index (χ2v) is 12.6. The lowest BCUT2D eigenvalue weighted by Crippen LogP contribution is -2.55. The molecule has 2 fully saturated rings. The van der Waals surface area contributed by atoms with Gasteiger partial charge in [-0.2, -0.15) is 0 Å². The number of nitrogens with zero attached hydrogens (tertiary/aromatic N) is 1. The molecule has 2 aliphatic rings. The molecule has 1 aromatic heterocycles. The Kier molecular flexibility index (Phi) is 7.36. The van der Waals surface area contributed by atoms with Crippen molar-refractivity contribution in [3.8, 4) is 5.75 Å². The Bertz CT molecular complexity index is 1430. The number of hydrogen-bond acceptors (Lipinski definition) is 5. The number of carbonyl (C=O) groups excluding carboxylic acids is 1. The maximum absolute atomic E-state index is 13.2. The molecule has 1 aliphatic heterocycles. The van der Waals surface area contributed by atoms with E-state index in [1.165, 1.54) is 5.56 Å². The van der Waals surface area contributed by atoms with Crippen molar-refractivity contribution in [1.82, 2.24) is 4.90 Å². The number of rotatable bonds is 5. The van der Waals surface area contributed by atoms with E-state index in [-0.39, 0.29) is 23.7 Å². The molecule has 1 aliphatic carbocycles. The molecule has 5 rings (SSSR count). The zero-order chi connectivity index (χ0) is 27.9. The van der Waals surface area contributed by atoms with Crippen LogP contribution in [-0.2, 0) is 23.2 Å². The lowest BCUT2D eigenvalue weighted by molar-refractivity contribution is -0.142. The Labute approximate surface area is 231 Å². The summed E-state index contributed by atoms with van der Waals surface area (Å²) in [5.74, 6) is 0.712. The van der Waals surface area contributed by atoms with E-state index in [4.69, 9.17) is 9.15 Å². The minimum Gasteiger partial charge on any atom is -0.488 e. The first-order chi connectivity index (χ1) is 18.5. The first kappa shape index (κ1) is 27.4. The standard InChI is InChI=1S/C33H41NO5/c1-21-26-13-14-28(38-20-23-9-11-24(12-10-23)32(3,4)5)22(2)30(26)39-31(36)27(21)18-29(35)34-17-16-33(37)15-7-6-8-25(33)19-34/h9-14,25,37H,6-8,15-20H2,1-5H3. The van der Waals surface area contributed by atoms with Crippen LogP contribution in [0.15, 0.2) is 45.6 Å². The smallest absolute Gasteiger partial charge is 0.340 e. The van der Waals surface area contributed by atoms with Crippen LogP contribution in [0.3, 0.4) is 0 Å². The van der Waals surface area contributed by atoms with Crippen molar-refractivity contribution >= 4 is 16.9 Å². The van der Waals surface area contributed by atoms with Crippen molar-refractivity contribution < 1.29 is 19.1 Å². The van der Waals surface area contributed by atoms with Crippen molar-refractivity contribution in [2.75, 3.05) is 13.1 Å². The summed E-state index contributed by atoms with van der Waals surface area (Å²) in [5.41, 5.74) is 3.77. The molecule has 0 bridgehead atoms. The molecule has 0 radical (unpaired) electrons. The van der Waals surface area contributed by atoms with Gasteiger partial charge in [0.2, 0.25) is 5.91 Å². The average Bonchev–Trinajstić information content (AvgIpc) is 2.90. The number of aliphatic hydroxyl groups is 1. The van der Waals surface area contributed by atoms with Gasteiger partial charge in [-0.25, -0.2) is 4.79 Å². The second-order valence-electron chi connectivity index (χ2n) is 12.6. The first-order valence-electron chi connectivity index (χ1n) is 14.2. The van der Waals surface area contributed by atoms with Crippen LogP contribution in [0.25, 0.3) is 11.0 Å². The monoisotopic (exact) mass is 531 g/mol. The SMILES string of the molecule is Cc1c(CC(=O)N2CCC3(O)CCCCC3C2)c(=O)oc2c(C)c(OCc3ccc(C(C)(C)C)cc3)ccc12. The molecule has 39 heavy (non-hydrogen) atoms. The number of aryl methyl sites for hydroxylation is 2. The maximum Gasteiger partial charge on any atom is 0.340 e. The van der Waals surface area contributed by atoms with Gasteiger partial charge in [0.15, 0.2) is 0 Å². The van der Waals surface area contributed by atoms with Gasteiger partial charge in [0, 0.05) is 30.0 Å². The van der Waals surface area contributed by atoms with Crippen molar-refractivity contribution in [2.24, 2.45) is 5.92 Å². The van der Waals surface area contributed by atoms with Crippen molar-refractivity contribution in [1.29, 1.82) is 0 Å². The summed E-state index contributed by atoms with van der Waals surface area (Å²) in [5, 5.41) is 11.8. The number of benzene rings is 2. The first-order valence-corrected chi connectivity index (χ1v) is 14.2. The quantitative estimate of drug-likeness (QED) is 0.410. The molecule has 0 spiro atoms. The Hall–Kier alpha value is -3.12. The molecule has 3 aromatic rings. The van der Waals surface area contributed by atoms with E-state index in [1.54, 1.807) is 0 Å². The Morgan fingerprint density at radius 1 is 1.08 bits per heavy atom. The van der Waals surface area contributed by atoms with Crippen LogP contribution in [0.4, 0.5) is 0 Å². The molecular formula is C33H41NO5. The molecular weight excluding hydrogens is 490 g/mol. The van der Waals surface area contributed by atoms with E-state index in [2.05, 4.69) is 45.0 Å². The van der Waals surface area contributed by atoms with Crippen molar-refractivity contribution in [3.63, 3.8) is 0 Å². The van der Waals surface area contributed by atoms with Gasteiger partial charge in [0.05, 0.1) is 17.6 Å². The zero-order valence-corrected chi connectivity index (χ0v) is 23.9. The lowest BCUT2D eigenvalue weighted by atomic mass is 9.71. The number of fused-ring (bicyclic) bond motifs is 2. The average molecular weight is 532 g/mol. The van der Waals surface area contributed by atoms with E-state index in [0.29, 0.717) is 43.0 Å². The number of hydrogen-bond donors (Lipinski definition) is 1. The Morgan fingerprint density at radius 3 is 2.54 bits per heavy atom. The molecule has 6 heteroatoms. The molecule has 2 aromatic carbocycles. The van der Waals surface area contributed by atoms with E-state index in [1.807, 2.05) is 30.9 Å². The van der Waals surface area contributed by atoms with Gasteiger partial charge in [-0.05, 0) is 67.3 Å². The Balaban J connectivity index is 1.31. The molecule has 1 N–H and O–H groups in total.